The summed E-state index contributed by atoms with van der Waals surface area (Å²) in [7, 11) is -3.31. The van der Waals surface area contributed by atoms with E-state index >= 15 is 0 Å². The van der Waals surface area contributed by atoms with E-state index in [-0.39, 0.29) is 18.9 Å². The lowest BCUT2D eigenvalue weighted by molar-refractivity contribution is -0.124. The maximum absolute atomic E-state index is 12.5. The van der Waals surface area contributed by atoms with Gasteiger partial charge >= 0.3 is 0 Å². The normalized spacial score (nSPS) is 17.2. The zero-order valence-corrected chi connectivity index (χ0v) is 13.6. The molecule has 0 saturated carbocycles. The largest absolute Gasteiger partial charge is 0.370 e. The predicted molar refractivity (Wildman–Crippen MR) is 87.2 cm³/mol. The summed E-state index contributed by atoms with van der Waals surface area (Å²) in [5.41, 5.74) is 7.33. The molecule has 1 unspecified atom stereocenters. The quantitative estimate of drug-likeness (QED) is 0.694. The van der Waals surface area contributed by atoms with Crippen LogP contribution in [0.15, 0.2) is 30.9 Å². The number of nitrogens with zero attached hydrogens (tertiary/aromatic N) is 1. The number of rotatable bonds is 7. The number of carbonyl (C=O) groups excluding carboxylic acids is 2. The van der Waals surface area contributed by atoms with Crippen molar-refractivity contribution in [1.82, 2.24) is 4.72 Å². The number of primary amides is 1. The van der Waals surface area contributed by atoms with E-state index in [1.807, 2.05) is 0 Å². The Hall–Kier alpha value is -2.19. The highest BCUT2D eigenvalue weighted by molar-refractivity contribution is 7.88. The van der Waals surface area contributed by atoms with E-state index < -0.39 is 21.8 Å². The van der Waals surface area contributed by atoms with Crippen LogP contribution in [0.5, 0.6) is 0 Å². The molecule has 2 amide bonds. The summed E-state index contributed by atoms with van der Waals surface area (Å²) in [6, 6.07) is 5.23. The molecule has 0 aromatic heterocycles. The first-order valence-electron chi connectivity index (χ1n) is 7.01. The van der Waals surface area contributed by atoms with Gasteiger partial charge in [0.05, 0.1) is 12.2 Å². The third-order valence-electron chi connectivity index (χ3n) is 3.58. The van der Waals surface area contributed by atoms with Crippen LogP contribution in [-0.4, -0.2) is 33.0 Å². The number of amides is 2. The van der Waals surface area contributed by atoms with E-state index in [2.05, 4.69) is 11.3 Å². The van der Waals surface area contributed by atoms with Crippen molar-refractivity contribution in [3.63, 3.8) is 0 Å². The maximum Gasteiger partial charge on any atom is 0.235 e. The van der Waals surface area contributed by atoms with Crippen molar-refractivity contribution >= 4 is 27.5 Å². The van der Waals surface area contributed by atoms with Gasteiger partial charge in [-0.2, -0.15) is 0 Å². The van der Waals surface area contributed by atoms with Crippen LogP contribution < -0.4 is 15.4 Å². The van der Waals surface area contributed by atoms with Gasteiger partial charge in [0.2, 0.25) is 21.8 Å². The number of benzene rings is 1. The fourth-order valence-electron chi connectivity index (χ4n) is 2.61. The van der Waals surface area contributed by atoms with Crippen LogP contribution >= 0.6 is 0 Å². The van der Waals surface area contributed by atoms with E-state index in [1.54, 1.807) is 29.2 Å². The van der Waals surface area contributed by atoms with E-state index in [0.29, 0.717) is 23.4 Å². The Balaban J connectivity index is 2.36. The molecular formula is C15H19N3O4S. The molecule has 124 valence electrons. The molecule has 8 heteroatoms. The molecule has 1 aliphatic heterocycles. The van der Waals surface area contributed by atoms with Gasteiger partial charge in [-0.15, -0.1) is 6.58 Å². The van der Waals surface area contributed by atoms with Gasteiger partial charge in [0.15, 0.2) is 0 Å². The fourth-order valence-corrected chi connectivity index (χ4v) is 3.04. The van der Waals surface area contributed by atoms with Crippen LogP contribution in [0.3, 0.4) is 0 Å². The lowest BCUT2D eigenvalue weighted by Gasteiger charge is -2.15. The zero-order chi connectivity index (χ0) is 17.2. The first-order chi connectivity index (χ1) is 10.7. The monoisotopic (exact) mass is 337 g/mol. The Morgan fingerprint density at radius 1 is 1.48 bits per heavy atom. The zero-order valence-electron chi connectivity index (χ0n) is 12.8. The molecule has 0 saturated heterocycles. The average molecular weight is 337 g/mol. The Kier molecular flexibility index (Phi) is 4.86. The van der Waals surface area contributed by atoms with E-state index in [9.17, 15) is 18.0 Å². The van der Waals surface area contributed by atoms with E-state index in [1.165, 1.54) is 0 Å². The summed E-state index contributed by atoms with van der Waals surface area (Å²) >= 11 is 0. The van der Waals surface area contributed by atoms with Gasteiger partial charge in [-0.3, -0.25) is 9.59 Å². The molecule has 0 aliphatic carbocycles. The number of nitrogens with two attached hydrogens (primary N) is 1. The second-order valence-corrected chi connectivity index (χ2v) is 7.28. The van der Waals surface area contributed by atoms with E-state index in [0.717, 1.165) is 6.26 Å². The maximum atomic E-state index is 12.5. The molecule has 1 aromatic rings. The molecule has 1 aliphatic rings. The van der Waals surface area contributed by atoms with Crippen molar-refractivity contribution in [3.05, 3.63) is 42.0 Å². The Labute approximate surface area is 135 Å². The Morgan fingerprint density at radius 3 is 2.74 bits per heavy atom. The summed E-state index contributed by atoms with van der Waals surface area (Å²) in [4.78, 5) is 25.3. The number of hydrogen-bond acceptors (Lipinski definition) is 4. The topological polar surface area (TPSA) is 110 Å². The highest BCUT2D eigenvalue weighted by Gasteiger charge is 2.37. The molecule has 2 rings (SSSR count). The molecule has 1 heterocycles. The summed E-state index contributed by atoms with van der Waals surface area (Å²) in [6.45, 7) is 4.08. The second kappa shape index (κ2) is 6.51. The van der Waals surface area contributed by atoms with Crippen molar-refractivity contribution in [2.45, 2.75) is 18.9 Å². The van der Waals surface area contributed by atoms with Crippen LogP contribution in [0.2, 0.25) is 0 Å². The molecule has 0 radical (unpaired) electrons. The minimum absolute atomic E-state index is 0.0809. The van der Waals surface area contributed by atoms with Crippen molar-refractivity contribution in [2.24, 2.45) is 5.73 Å². The van der Waals surface area contributed by atoms with Gasteiger partial charge in [0, 0.05) is 25.2 Å². The summed E-state index contributed by atoms with van der Waals surface area (Å²) < 4.78 is 24.8. The summed E-state index contributed by atoms with van der Waals surface area (Å²) in [5, 5.41) is 0. The highest BCUT2D eigenvalue weighted by atomic mass is 32.2. The van der Waals surface area contributed by atoms with Crippen molar-refractivity contribution in [2.75, 3.05) is 17.7 Å². The minimum atomic E-state index is -3.31. The predicted octanol–water partition coefficient (Wildman–Crippen LogP) is 0.227. The van der Waals surface area contributed by atoms with E-state index in [4.69, 9.17) is 5.73 Å². The SMILES string of the molecule is C=CCN1C(=O)C(CC(N)=O)c2cc(CNS(C)(=O)=O)ccc21. The van der Waals surface area contributed by atoms with Gasteiger partial charge in [-0.1, -0.05) is 18.2 Å². The first-order valence-corrected chi connectivity index (χ1v) is 8.90. The van der Waals surface area contributed by atoms with Gasteiger partial charge in [0.1, 0.15) is 0 Å². The summed E-state index contributed by atoms with van der Waals surface area (Å²) in [5.74, 6) is -1.40. The molecule has 0 bridgehead atoms. The van der Waals surface area contributed by atoms with Crippen LogP contribution in [0, 0.1) is 0 Å². The van der Waals surface area contributed by atoms with Crippen molar-refractivity contribution < 1.29 is 18.0 Å². The number of nitrogens with one attached hydrogen (secondary N) is 1. The standard InChI is InChI=1S/C15H19N3O4S/c1-3-6-18-13-5-4-10(9-17-23(2,21)22)7-11(13)12(15(18)20)8-14(16)19/h3-5,7,12,17H,1,6,8-9H2,2H3,(H2,16,19). The highest BCUT2D eigenvalue weighted by Crippen LogP contribution is 2.39. The lowest BCUT2D eigenvalue weighted by Crippen LogP contribution is -2.30. The molecule has 3 N–H and O–H groups in total. The molecule has 23 heavy (non-hydrogen) atoms. The third-order valence-corrected chi connectivity index (χ3v) is 4.25. The third kappa shape index (κ3) is 3.96. The molecule has 1 atom stereocenters. The molecule has 0 fully saturated rings. The number of anilines is 1. The Bertz CT molecular complexity index is 758. The number of carbonyl (C=O) groups is 2. The molecule has 1 aromatic carbocycles. The Morgan fingerprint density at radius 2 is 2.17 bits per heavy atom. The summed E-state index contributed by atoms with van der Waals surface area (Å²) in [6.07, 6.45) is 2.60. The van der Waals surface area contributed by atoms with Gasteiger partial charge in [-0.25, -0.2) is 13.1 Å². The van der Waals surface area contributed by atoms with Crippen LogP contribution in [0.1, 0.15) is 23.5 Å². The van der Waals surface area contributed by atoms with Crippen LogP contribution in [0.4, 0.5) is 5.69 Å². The molecule has 0 spiro atoms. The van der Waals surface area contributed by atoms with Crippen molar-refractivity contribution in [1.29, 1.82) is 0 Å². The lowest BCUT2D eigenvalue weighted by atomic mass is 9.95. The van der Waals surface area contributed by atoms with Gasteiger partial charge in [0.25, 0.3) is 0 Å². The van der Waals surface area contributed by atoms with Gasteiger partial charge < -0.3 is 10.6 Å². The number of fused-ring (bicyclic) bond motifs is 1. The molecule has 7 nitrogen and oxygen atoms in total. The first kappa shape index (κ1) is 17.2. The fraction of sp³-hybridized carbons (Fsp3) is 0.333. The average Bonchev–Trinajstić information content (AvgIpc) is 2.70. The number of sulfonamides is 1. The second-order valence-electron chi connectivity index (χ2n) is 5.45. The molecular weight excluding hydrogens is 318 g/mol. The van der Waals surface area contributed by atoms with Crippen LogP contribution in [0.25, 0.3) is 0 Å². The smallest absolute Gasteiger partial charge is 0.235 e. The van der Waals surface area contributed by atoms with Gasteiger partial charge in [-0.05, 0) is 17.2 Å². The van der Waals surface area contributed by atoms with Crippen LogP contribution in [-0.2, 0) is 26.2 Å². The van der Waals surface area contributed by atoms with Crippen molar-refractivity contribution in [3.8, 4) is 0 Å². The number of hydrogen-bond donors (Lipinski definition) is 2. The minimum Gasteiger partial charge on any atom is -0.370 e.